The zero-order valence-corrected chi connectivity index (χ0v) is 11.5. The third-order valence-corrected chi connectivity index (χ3v) is 3.81. The summed E-state index contributed by atoms with van der Waals surface area (Å²) in [6, 6.07) is 9.94. The summed E-state index contributed by atoms with van der Waals surface area (Å²) in [4.78, 5) is 4.20. The smallest absolute Gasteiger partial charge is 0.212 e. The molecule has 4 nitrogen and oxygen atoms in total. The molecule has 2 N–H and O–H groups in total. The van der Waals surface area contributed by atoms with E-state index in [2.05, 4.69) is 16.4 Å². The zero-order valence-electron chi connectivity index (χ0n) is 11.5. The minimum absolute atomic E-state index is 0.305. The number of aromatic nitrogens is 1. The lowest BCUT2D eigenvalue weighted by molar-refractivity contribution is 0.397. The number of ether oxygens (including phenoxy) is 1. The van der Waals surface area contributed by atoms with Gasteiger partial charge in [-0.15, -0.1) is 0 Å². The van der Waals surface area contributed by atoms with Crippen molar-refractivity contribution in [2.45, 2.75) is 25.4 Å². The van der Waals surface area contributed by atoms with Crippen LogP contribution < -0.4 is 10.1 Å². The van der Waals surface area contributed by atoms with Crippen LogP contribution in [0.3, 0.4) is 0 Å². The molecule has 0 aliphatic heterocycles. The van der Waals surface area contributed by atoms with Crippen molar-refractivity contribution in [3.63, 3.8) is 0 Å². The molecule has 2 aromatic rings. The van der Waals surface area contributed by atoms with Gasteiger partial charge in [0.25, 0.3) is 0 Å². The number of pyridine rings is 1. The Labute approximate surface area is 118 Å². The topological polar surface area (TPSA) is 54.4 Å². The number of nitrogens with zero attached hydrogens (tertiary/aromatic N) is 1. The molecule has 1 aliphatic carbocycles. The van der Waals surface area contributed by atoms with Crippen molar-refractivity contribution in [3.8, 4) is 11.6 Å². The van der Waals surface area contributed by atoms with Gasteiger partial charge in [0, 0.05) is 24.8 Å². The van der Waals surface area contributed by atoms with E-state index in [4.69, 9.17) is 4.74 Å². The molecule has 1 aromatic heterocycles. The predicted molar refractivity (Wildman–Crippen MR) is 76.8 cm³/mol. The second kappa shape index (κ2) is 5.51. The maximum absolute atomic E-state index is 9.84. The Kier molecular flexibility index (Phi) is 3.56. The molecule has 1 heterocycles. The monoisotopic (exact) mass is 270 g/mol. The molecule has 0 spiro atoms. The van der Waals surface area contributed by atoms with Gasteiger partial charge in [0.1, 0.15) is 5.75 Å². The summed E-state index contributed by atoms with van der Waals surface area (Å²) in [5.41, 5.74) is 3.42. The molecule has 0 amide bonds. The molecule has 3 rings (SSSR count). The number of benzene rings is 1. The van der Waals surface area contributed by atoms with E-state index in [1.165, 1.54) is 5.56 Å². The molecule has 20 heavy (non-hydrogen) atoms. The maximum atomic E-state index is 9.84. The normalized spacial score (nSPS) is 16.9. The van der Waals surface area contributed by atoms with E-state index < -0.39 is 0 Å². The van der Waals surface area contributed by atoms with Gasteiger partial charge in [-0.1, -0.05) is 18.2 Å². The minimum atomic E-state index is 0.305. The van der Waals surface area contributed by atoms with Crippen molar-refractivity contribution in [2.24, 2.45) is 0 Å². The van der Waals surface area contributed by atoms with Crippen LogP contribution >= 0.6 is 0 Å². The minimum Gasteiger partial charge on any atom is -0.508 e. The first-order valence-electron chi connectivity index (χ1n) is 6.81. The van der Waals surface area contributed by atoms with E-state index in [0.717, 1.165) is 30.5 Å². The van der Waals surface area contributed by atoms with Crippen LogP contribution in [0, 0.1) is 0 Å². The lowest BCUT2D eigenvalue weighted by atomic mass is 10.1. The summed E-state index contributed by atoms with van der Waals surface area (Å²) in [6.07, 6.45) is 3.78. The summed E-state index contributed by atoms with van der Waals surface area (Å²) in [5.74, 6) is 1.04. The van der Waals surface area contributed by atoms with Crippen LogP contribution in [0.2, 0.25) is 0 Å². The van der Waals surface area contributed by atoms with Gasteiger partial charge in [0.2, 0.25) is 5.88 Å². The average molecular weight is 270 g/mol. The second-order valence-corrected chi connectivity index (χ2v) is 5.03. The quantitative estimate of drug-likeness (QED) is 0.896. The van der Waals surface area contributed by atoms with Crippen LogP contribution in [0.5, 0.6) is 11.6 Å². The lowest BCUT2D eigenvalue weighted by Crippen LogP contribution is -2.18. The third-order valence-electron chi connectivity index (χ3n) is 3.81. The number of fused-ring (bicyclic) bond motifs is 1. The van der Waals surface area contributed by atoms with Gasteiger partial charge in [0.05, 0.1) is 7.11 Å². The van der Waals surface area contributed by atoms with Crippen molar-refractivity contribution in [2.75, 3.05) is 7.11 Å². The van der Waals surface area contributed by atoms with Gasteiger partial charge >= 0.3 is 0 Å². The molecule has 4 heteroatoms. The number of methoxy groups -OCH3 is 1. The molecule has 0 saturated carbocycles. The number of hydrogen-bond donors (Lipinski definition) is 2. The Balaban J connectivity index is 1.67. The summed E-state index contributed by atoms with van der Waals surface area (Å²) in [5, 5.41) is 13.4. The number of phenols is 1. The summed E-state index contributed by atoms with van der Waals surface area (Å²) in [6.45, 7) is 0.761. The molecule has 1 unspecified atom stereocenters. The average Bonchev–Trinajstić information content (AvgIpc) is 2.90. The molecule has 1 aliphatic rings. The van der Waals surface area contributed by atoms with Crippen LogP contribution in [-0.4, -0.2) is 17.2 Å². The first kappa shape index (κ1) is 12.9. The standard InChI is InChI=1S/C16H18N2O2/c1-20-16-8-5-11(10-18-16)9-17-14-7-6-13-12(14)3-2-4-15(13)19/h2-5,8,10,14,17,19H,6-7,9H2,1H3. The van der Waals surface area contributed by atoms with Crippen LogP contribution in [0.25, 0.3) is 0 Å². The van der Waals surface area contributed by atoms with Crippen molar-refractivity contribution in [1.82, 2.24) is 10.3 Å². The molecule has 0 saturated heterocycles. The number of phenolic OH excluding ortho intramolecular Hbond substituents is 1. The fraction of sp³-hybridized carbons (Fsp3) is 0.312. The molecular weight excluding hydrogens is 252 g/mol. The fourth-order valence-corrected chi connectivity index (χ4v) is 2.72. The van der Waals surface area contributed by atoms with E-state index >= 15 is 0 Å². The summed E-state index contributed by atoms with van der Waals surface area (Å²) >= 11 is 0. The van der Waals surface area contributed by atoms with E-state index in [9.17, 15) is 5.11 Å². The molecule has 104 valence electrons. The van der Waals surface area contributed by atoms with Crippen molar-refractivity contribution >= 4 is 0 Å². The van der Waals surface area contributed by atoms with E-state index in [1.807, 2.05) is 24.4 Å². The Morgan fingerprint density at radius 3 is 3.00 bits per heavy atom. The Bertz CT molecular complexity index is 596. The summed E-state index contributed by atoms with van der Waals surface area (Å²) in [7, 11) is 1.61. The highest BCUT2D eigenvalue weighted by molar-refractivity contribution is 5.44. The SMILES string of the molecule is COc1ccc(CNC2CCc3c(O)cccc32)cn1. The van der Waals surface area contributed by atoms with Crippen LogP contribution in [0.4, 0.5) is 0 Å². The van der Waals surface area contributed by atoms with Crippen LogP contribution in [-0.2, 0) is 13.0 Å². The number of aromatic hydroxyl groups is 1. The first-order valence-corrected chi connectivity index (χ1v) is 6.81. The zero-order chi connectivity index (χ0) is 13.9. The van der Waals surface area contributed by atoms with Crippen molar-refractivity contribution in [1.29, 1.82) is 0 Å². The van der Waals surface area contributed by atoms with E-state index in [0.29, 0.717) is 17.7 Å². The van der Waals surface area contributed by atoms with Gasteiger partial charge in [-0.05, 0) is 35.6 Å². The highest BCUT2D eigenvalue weighted by Gasteiger charge is 2.23. The molecule has 0 radical (unpaired) electrons. The van der Waals surface area contributed by atoms with E-state index in [1.54, 1.807) is 13.2 Å². The van der Waals surface area contributed by atoms with Crippen LogP contribution in [0.1, 0.15) is 29.2 Å². The molecule has 1 aromatic carbocycles. The van der Waals surface area contributed by atoms with Crippen LogP contribution in [0.15, 0.2) is 36.5 Å². The fourth-order valence-electron chi connectivity index (χ4n) is 2.72. The number of rotatable bonds is 4. The number of hydrogen-bond acceptors (Lipinski definition) is 4. The summed E-state index contributed by atoms with van der Waals surface area (Å²) < 4.78 is 5.05. The lowest BCUT2D eigenvalue weighted by Gasteiger charge is -2.14. The molecule has 0 fully saturated rings. The van der Waals surface area contributed by atoms with Gasteiger partial charge in [0.15, 0.2) is 0 Å². The number of nitrogens with one attached hydrogen (secondary N) is 1. The van der Waals surface area contributed by atoms with Gasteiger partial charge in [-0.25, -0.2) is 4.98 Å². The Morgan fingerprint density at radius 1 is 1.35 bits per heavy atom. The highest BCUT2D eigenvalue weighted by Crippen LogP contribution is 2.36. The third kappa shape index (κ3) is 2.47. The largest absolute Gasteiger partial charge is 0.508 e. The maximum Gasteiger partial charge on any atom is 0.212 e. The van der Waals surface area contributed by atoms with E-state index in [-0.39, 0.29) is 0 Å². The Hall–Kier alpha value is -2.07. The van der Waals surface area contributed by atoms with Gasteiger partial charge in [-0.2, -0.15) is 0 Å². The van der Waals surface area contributed by atoms with Gasteiger partial charge in [-0.3, -0.25) is 0 Å². The highest BCUT2D eigenvalue weighted by atomic mass is 16.5. The van der Waals surface area contributed by atoms with Gasteiger partial charge < -0.3 is 15.2 Å². The second-order valence-electron chi connectivity index (χ2n) is 5.03. The van der Waals surface area contributed by atoms with Crippen molar-refractivity contribution in [3.05, 3.63) is 53.2 Å². The molecule has 1 atom stereocenters. The Morgan fingerprint density at radius 2 is 2.25 bits per heavy atom. The predicted octanol–water partition coefficient (Wildman–Crippen LogP) is 2.57. The van der Waals surface area contributed by atoms with Crippen molar-refractivity contribution < 1.29 is 9.84 Å². The molecule has 0 bridgehead atoms. The molecular formula is C16H18N2O2. The first-order chi connectivity index (χ1) is 9.78.